The van der Waals surface area contributed by atoms with Crippen molar-refractivity contribution in [2.45, 2.75) is 40.2 Å². The molecule has 0 N–H and O–H groups in total. The molecule has 2 saturated heterocycles. The van der Waals surface area contributed by atoms with Gasteiger partial charge in [0.1, 0.15) is 0 Å². The van der Waals surface area contributed by atoms with Crippen molar-refractivity contribution >= 4 is 17.9 Å². The molecule has 1 aromatic heterocycles. The van der Waals surface area contributed by atoms with Crippen molar-refractivity contribution in [3.05, 3.63) is 58.4 Å². The Morgan fingerprint density at radius 2 is 1.79 bits per heavy atom. The van der Waals surface area contributed by atoms with Gasteiger partial charge in [0, 0.05) is 43.5 Å². The number of aryl methyl sites for hydroxylation is 2. The summed E-state index contributed by atoms with van der Waals surface area (Å²) in [7, 11) is 0. The maximum absolute atomic E-state index is 12.9. The first-order valence-electron chi connectivity index (χ1n) is 11.9. The number of hydrogen-bond acceptors (Lipinski definition) is 4. The number of morpholine rings is 1. The molecule has 2 fully saturated rings. The van der Waals surface area contributed by atoms with Crippen molar-refractivity contribution in [1.29, 1.82) is 0 Å². The van der Waals surface area contributed by atoms with Crippen molar-refractivity contribution in [3.8, 4) is 0 Å². The smallest absolute Gasteiger partial charge is 0.246 e. The van der Waals surface area contributed by atoms with Gasteiger partial charge >= 0.3 is 0 Å². The zero-order chi connectivity index (χ0) is 23.4. The number of carbonyl (C=O) groups is 2. The lowest BCUT2D eigenvalue weighted by molar-refractivity contribution is -0.143. The molecule has 2 aliphatic rings. The fourth-order valence-electron chi connectivity index (χ4n) is 4.65. The monoisotopic (exact) mass is 450 g/mol. The number of benzene rings is 1. The molecule has 0 spiro atoms. The summed E-state index contributed by atoms with van der Waals surface area (Å²) in [6, 6.07) is 8.46. The molecule has 176 valence electrons. The summed E-state index contributed by atoms with van der Waals surface area (Å²) < 4.78 is 7.34. The summed E-state index contributed by atoms with van der Waals surface area (Å²) in [5.74, 6) is -0.00153. The third-order valence-electron chi connectivity index (χ3n) is 6.69. The number of rotatable bonds is 5. The fraction of sp³-hybridized carbons (Fsp3) is 0.500. The molecule has 0 saturated carbocycles. The van der Waals surface area contributed by atoms with E-state index < -0.39 is 0 Å². The molecule has 1 unspecified atom stereocenters. The minimum absolute atomic E-state index is 0.0421. The highest BCUT2D eigenvalue weighted by molar-refractivity contribution is 5.92. The highest BCUT2D eigenvalue weighted by Crippen LogP contribution is 2.21. The topological polar surface area (TPSA) is 67.7 Å². The minimum Gasteiger partial charge on any atom is -0.378 e. The second kappa shape index (κ2) is 10.3. The van der Waals surface area contributed by atoms with Crippen LogP contribution in [0, 0.1) is 26.7 Å². The average Bonchev–Trinajstić information content (AvgIpc) is 3.11. The Morgan fingerprint density at radius 1 is 1.06 bits per heavy atom. The summed E-state index contributed by atoms with van der Waals surface area (Å²) >= 11 is 0. The van der Waals surface area contributed by atoms with Crippen LogP contribution in [0.25, 0.3) is 6.08 Å². The second-order valence-corrected chi connectivity index (χ2v) is 9.12. The summed E-state index contributed by atoms with van der Waals surface area (Å²) in [6.45, 7) is 10.5. The summed E-state index contributed by atoms with van der Waals surface area (Å²) in [5.41, 5.74) is 5.36. The third-order valence-corrected chi connectivity index (χ3v) is 6.69. The summed E-state index contributed by atoms with van der Waals surface area (Å²) in [4.78, 5) is 29.5. The molecule has 3 heterocycles. The van der Waals surface area contributed by atoms with Crippen molar-refractivity contribution in [2.75, 3.05) is 39.4 Å². The molecule has 7 nitrogen and oxygen atoms in total. The van der Waals surface area contributed by atoms with Crippen molar-refractivity contribution < 1.29 is 14.3 Å². The number of carbonyl (C=O) groups excluding carboxylic acids is 2. The van der Waals surface area contributed by atoms with E-state index in [0.29, 0.717) is 45.9 Å². The first-order valence-corrected chi connectivity index (χ1v) is 11.9. The van der Waals surface area contributed by atoms with E-state index >= 15 is 0 Å². The van der Waals surface area contributed by atoms with E-state index in [4.69, 9.17) is 4.74 Å². The quantitative estimate of drug-likeness (QED) is 0.657. The van der Waals surface area contributed by atoms with Crippen molar-refractivity contribution in [2.24, 2.45) is 5.92 Å². The molecule has 33 heavy (non-hydrogen) atoms. The van der Waals surface area contributed by atoms with Gasteiger partial charge in [0.15, 0.2) is 0 Å². The summed E-state index contributed by atoms with van der Waals surface area (Å²) in [5, 5.41) is 4.69. The second-order valence-electron chi connectivity index (χ2n) is 9.12. The molecular weight excluding hydrogens is 416 g/mol. The van der Waals surface area contributed by atoms with E-state index in [1.165, 1.54) is 11.1 Å². The highest BCUT2D eigenvalue weighted by Gasteiger charge is 2.31. The largest absolute Gasteiger partial charge is 0.378 e. The van der Waals surface area contributed by atoms with E-state index in [0.717, 1.165) is 29.8 Å². The molecule has 0 bridgehead atoms. The zero-order valence-corrected chi connectivity index (χ0v) is 19.9. The molecule has 2 aliphatic heterocycles. The lowest BCUT2D eigenvalue weighted by Crippen LogP contribution is -2.49. The molecular formula is C26H34N4O3. The first-order chi connectivity index (χ1) is 15.9. The maximum Gasteiger partial charge on any atom is 0.246 e. The molecule has 0 aliphatic carbocycles. The molecule has 1 atom stereocenters. The van der Waals surface area contributed by atoms with Crippen LogP contribution in [-0.2, 0) is 20.9 Å². The predicted octanol–water partition coefficient (Wildman–Crippen LogP) is 2.97. The fourth-order valence-corrected chi connectivity index (χ4v) is 4.65. The van der Waals surface area contributed by atoms with Gasteiger partial charge in [0.25, 0.3) is 0 Å². The van der Waals surface area contributed by atoms with Crippen LogP contribution in [0.2, 0.25) is 0 Å². The van der Waals surface area contributed by atoms with Gasteiger partial charge in [-0.2, -0.15) is 5.10 Å². The number of nitrogens with zero attached hydrogens (tertiary/aromatic N) is 4. The van der Waals surface area contributed by atoms with Gasteiger partial charge in [-0.3, -0.25) is 14.3 Å². The Bertz CT molecular complexity index is 1020. The Labute approximate surface area is 196 Å². The lowest BCUT2D eigenvalue weighted by Gasteiger charge is -2.35. The van der Waals surface area contributed by atoms with Crippen LogP contribution < -0.4 is 0 Å². The van der Waals surface area contributed by atoms with E-state index in [9.17, 15) is 9.59 Å². The minimum atomic E-state index is -0.116. The standard InChI is InChI=1S/C26H34N4O3/c1-19-6-8-22(9-7-19)17-30-21(3)24(20(2)27-30)10-11-25(31)29-12-4-5-23(18-29)26(32)28-13-15-33-16-14-28/h6-11,23H,4-5,12-18H2,1-3H3/b11-10+. The zero-order valence-electron chi connectivity index (χ0n) is 19.9. The van der Waals surface area contributed by atoms with Crippen LogP contribution in [0.5, 0.6) is 0 Å². The van der Waals surface area contributed by atoms with Gasteiger partial charge in [-0.1, -0.05) is 29.8 Å². The van der Waals surface area contributed by atoms with E-state index in [2.05, 4.69) is 36.3 Å². The van der Waals surface area contributed by atoms with Crippen molar-refractivity contribution in [1.82, 2.24) is 19.6 Å². The van der Waals surface area contributed by atoms with Gasteiger partial charge in [0.2, 0.25) is 11.8 Å². The normalized spacial score (nSPS) is 19.3. The third kappa shape index (κ3) is 5.53. The summed E-state index contributed by atoms with van der Waals surface area (Å²) in [6.07, 6.45) is 5.20. The van der Waals surface area contributed by atoms with Gasteiger partial charge in [-0.25, -0.2) is 0 Å². The van der Waals surface area contributed by atoms with Crippen LogP contribution in [0.15, 0.2) is 30.3 Å². The number of aromatic nitrogens is 2. The molecule has 2 amide bonds. The van der Waals surface area contributed by atoms with Gasteiger partial charge < -0.3 is 14.5 Å². The van der Waals surface area contributed by atoms with Crippen molar-refractivity contribution in [3.63, 3.8) is 0 Å². The Morgan fingerprint density at radius 3 is 2.52 bits per heavy atom. The molecule has 4 rings (SSSR count). The van der Waals surface area contributed by atoms with Gasteiger partial charge in [-0.05, 0) is 45.3 Å². The van der Waals surface area contributed by atoms with E-state index in [1.807, 2.05) is 34.4 Å². The lowest BCUT2D eigenvalue weighted by atomic mass is 9.96. The number of ether oxygens (including phenoxy) is 1. The number of piperidine rings is 1. The van der Waals surface area contributed by atoms with Gasteiger partial charge in [0.05, 0.1) is 31.4 Å². The van der Waals surface area contributed by atoms with Crippen LogP contribution >= 0.6 is 0 Å². The molecule has 7 heteroatoms. The Balaban J connectivity index is 1.40. The molecule has 2 aromatic rings. The Hall–Kier alpha value is -2.93. The molecule has 0 radical (unpaired) electrons. The van der Waals surface area contributed by atoms with Crippen LogP contribution in [0.1, 0.15) is 40.9 Å². The molecule has 1 aromatic carbocycles. The number of likely N-dealkylation sites (tertiary alicyclic amines) is 1. The average molecular weight is 451 g/mol. The first kappa shape index (κ1) is 23.2. The number of amides is 2. The Kier molecular flexibility index (Phi) is 7.28. The van der Waals surface area contributed by atoms with Gasteiger partial charge in [-0.15, -0.1) is 0 Å². The predicted molar refractivity (Wildman–Crippen MR) is 128 cm³/mol. The van der Waals surface area contributed by atoms with Crippen LogP contribution in [0.3, 0.4) is 0 Å². The van der Waals surface area contributed by atoms with Crippen LogP contribution in [-0.4, -0.2) is 70.8 Å². The van der Waals surface area contributed by atoms with Crippen LogP contribution in [0.4, 0.5) is 0 Å². The SMILES string of the molecule is Cc1ccc(Cn2nc(C)c(/C=C/C(=O)N3CCCC(C(=O)N4CCOCC4)C3)c2C)cc1. The maximum atomic E-state index is 12.9. The van der Waals surface area contributed by atoms with E-state index in [-0.39, 0.29) is 17.7 Å². The highest BCUT2D eigenvalue weighted by atomic mass is 16.5. The van der Waals surface area contributed by atoms with E-state index in [1.54, 1.807) is 6.08 Å². The number of hydrogen-bond donors (Lipinski definition) is 0.